The fraction of sp³-hybridized carbons (Fsp3) is 0.286. The molecule has 1 amide bonds. The summed E-state index contributed by atoms with van der Waals surface area (Å²) in [6.07, 6.45) is 1.03. The minimum Gasteiger partial charge on any atom is -0.494 e. The molecule has 0 aliphatic carbocycles. The van der Waals surface area contributed by atoms with Crippen LogP contribution in [0.3, 0.4) is 0 Å². The van der Waals surface area contributed by atoms with Crippen LogP contribution in [-0.2, 0) is 17.6 Å². The molecule has 4 nitrogen and oxygen atoms in total. The first kappa shape index (κ1) is 17.1. The topological polar surface area (TPSA) is 51.5 Å². The molecule has 3 aromatic rings. The number of hydrogen-bond acceptors (Lipinski definition) is 3. The van der Waals surface area contributed by atoms with Crippen LogP contribution in [0.5, 0.6) is 5.75 Å². The minimum atomic E-state index is 0.00720. The standard InChI is InChI=1S/C21H23NO3/c1-3-24-18-10-8-16(9-11-18)13-21(23)22-15(2)12-19-14-17-6-4-5-7-20(17)25-19/h4-11,14-15H,3,12-13H2,1-2H3,(H,22,23). The lowest BCUT2D eigenvalue weighted by Gasteiger charge is -2.12. The Morgan fingerprint density at radius 2 is 1.92 bits per heavy atom. The number of amides is 1. The molecular weight excluding hydrogens is 314 g/mol. The van der Waals surface area contributed by atoms with Gasteiger partial charge in [0, 0.05) is 17.8 Å². The summed E-state index contributed by atoms with van der Waals surface area (Å²) in [6.45, 7) is 4.58. The van der Waals surface area contributed by atoms with Crippen LogP contribution in [0.1, 0.15) is 25.2 Å². The third-order valence-corrected chi connectivity index (χ3v) is 3.99. The van der Waals surface area contributed by atoms with E-state index in [0.29, 0.717) is 19.4 Å². The van der Waals surface area contributed by atoms with Crippen molar-refractivity contribution in [1.29, 1.82) is 0 Å². The van der Waals surface area contributed by atoms with Gasteiger partial charge in [0.1, 0.15) is 17.1 Å². The van der Waals surface area contributed by atoms with Crippen molar-refractivity contribution in [3.63, 3.8) is 0 Å². The zero-order valence-electron chi connectivity index (χ0n) is 14.6. The largest absolute Gasteiger partial charge is 0.494 e. The first-order chi connectivity index (χ1) is 12.1. The smallest absolute Gasteiger partial charge is 0.224 e. The highest BCUT2D eigenvalue weighted by Gasteiger charge is 2.12. The van der Waals surface area contributed by atoms with Crippen LogP contribution >= 0.6 is 0 Å². The fourth-order valence-corrected chi connectivity index (χ4v) is 2.87. The average Bonchev–Trinajstić information content (AvgIpc) is 2.98. The zero-order valence-corrected chi connectivity index (χ0v) is 14.6. The van der Waals surface area contributed by atoms with Gasteiger partial charge >= 0.3 is 0 Å². The molecule has 0 aliphatic rings. The Morgan fingerprint density at radius 3 is 2.64 bits per heavy atom. The lowest BCUT2D eigenvalue weighted by molar-refractivity contribution is -0.121. The number of carbonyl (C=O) groups is 1. The number of hydrogen-bond donors (Lipinski definition) is 1. The molecule has 0 bridgehead atoms. The second kappa shape index (κ2) is 7.88. The van der Waals surface area contributed by atoms with Crippen molar-refractivity contribution in [2.45, 2.75) is 32.7 Å². The molecule has 0 aliphatic heterocycles. The molecule has 25 heavy (non-hydrogen) atoms. The van der Waals surface area contributed by atoms with Gasteiger partial charge in [-0.3, -0.25) is 4.79 Å². The first-order valence-electron chi connectivity index (χ1n) is 8.62. The molecule has 130 valence electrons. The van der Waals surface area contributed by atoms with E-state index in [1.165, 1.54) is 0 Å². The molecule has 2 aromatic carbocycles. The average molecular weight is 337 g/mol. The van der Waals surface area contributed by atoms with Gasteiger partial charge in [-0.05, 0) is 43.7 Å². The van der Waals surface area contributed by atoms with Gasteiger partial charge in [-0.2, -0.15) is 0 Å². The molecule has 0 radical (unpaired) electrons. The Bertz CT molecular complexity index is 803. The van der Waals surface area contributed by atoms with Crippen LogP contribution in [0.25, 0.3) is 11.0 Å². The van der Waals surface area contributed by atoms with Crippen molar-refractivity contribution >= 4 is 16.9 Å². The van der Waals surface area contributed by atoms with Crippen molar-refractivity contribution in [2.24, 2.45) is 0 Å². The van der Waals surface area contributed by atoms with Gasteiger partial charge < -0.3 is 14.5 Å². The summed E-state index contributed by atoms with van der Waals surface area (Å²) >= 11 is 0. The number of benzene rings is 2. The second-order valence-corrected chi connectivity index (χ2v) is 6.18. The van der Waals surface area contributed by atoms with E-state index in [9.17, 15) is 4.79 Å². The lowest BCUT2D eigenvalue weighted by atomic mass is 10.1. The van der Waals surface area contributed by atoms with Gasteiger partial charge in [0.25, 0.3) is 0 Å². The van der Waals surface area contributed by atoms with Gasteiger partial charge in [0.2, 0.25) is 5.91 Å². The zero-order chi connectivity index (χ0) is 17.6. The maximum atomic E-state index is 12.2. The minimum absolute atomic E-state index is 0.00720. The molecule has 1 heterocycles. The van der Waals surface area contributed by atoms with Gasteiger partial charge in [0.15, 0.2) is 0 Å². The normalized spacial score (nSPS) is 12.1. The number of para-hydroxylation sites is 1. The van der Waals surface area contributed by atoms with E-state index in [4.69, 9.17) is 9.15 Å². The van der Waals surface area contributed by atoms with Crippen LogP contribution in [-0.4, -0.2) is 18.6 Å². The number of rotatable bonds is 7. The number of carbonyl (C=O) groups excluding carboxylic acids is 1. The Morgan fingerprint density at radius 1 is 1.16 bits per heavy atom. The fourth-order valence-electron chi connectivity index (χ4n) is 2.87. The molecule has 3 rings (SSSR count). The van der Waals surface area contributed by atoms with Crippen molar-refractivity contribution in [3.8, 4) is 5.75 Å². The summed E-state index contributed by atoms with van der Waals surface area (Å²) in [5.41, 5.74) is 1.85. The number of ether oxygens (including phenoxy) is 1. The highest BCUT2D eigenvalue weighted by Crippen LogP contribution is 2.20. The van der Waals surface area contributed by atoms with Crippen molar-refractivity contribution in [1.82, 2.24) is 5.32 Å². The summed E-state index contributed by atoms with van der Waals surface area (Å²) in [5.74, 6) is 1.72. The van der Waals surface area contributed by atoms with Crippen LogP contribution in [0.15, 0.2) is 59.0 Å². The molecule has 1 aromatic heterocycles. The Hall–Kier alpha value is -2.75. The number of furan rings is 1. The molecule has 0 fully saturated rings. The van der Waals surface area contributed by atoms with Crippen molar-refractivity contribution in [3.05, 3.63) is 65.9 Å². The summed E-state index contributed by atoms with van der Waals surface area (Å²) in [7, 11) is 0. The van der Waals surface area contributed by atoms with Crippen molar-refractivity contribution < 1.29 is 13.9 Å². The van der Waals surface area contributed by atoms with E-state index in [1.54, 1.807) is 0 Å². The predicted octanol–water partition coefficient (Wildman–Crippen LogP) is 4.12. The van der Waals surface area contributed by atoms with Crippen molar-refractivity contribution in [2.75, 3.05) is 6.61 Å². The van der Waals surface area contributed by atoms with Gasteiger partial charge in [-0.25, -0.2) is 0 Å². The quantitative estimate of drug-likeness (QED) is 0.705. The molecule has 1 atom stereocenters. The lowest BCUT2D eigenvalue weighted by Crippen LogP contribution is -2.35. The van der Waals surface area contributed by atoms with Crippen LogP contribution in [0.4, 0.5) is 0 Å². The Labute approximate surface area is 147 Å². The maximum Gasteiger partial charge on any atom is 0.224 e. The molecule has 0 saturated carbocycles. The number of fused-ring (bicyclic) bond motifs is 1. The van der Waals surface area contributed by atoms with E-state index < -0.39 is 0 Å². The second-order valence-electron chi connectivity index (χ2n) is 6.18. The molecule has 0 spiro atoms. The van der Waals surface area contributed by atoms with E-state index in [0.717, 1.165) is 28.0 Å². The van der Waals surface area contributed by atoms with Gasteiger partial charge in [-0.1, -0.05) is 30.3 Å². The molecule has 4 heteroatoms. The summed E-state index contributed by atoms with van der Waals surface area (Å²) in [6, 6.07) is 17.6. The van der Waals surface area contributed by atoms with Crippen LogP contribution in [0.2, 0.25) is 0 Å². The summed E-state index contributed by atoms with van der Waals surface area (Å²) in [4.78, 5) is 12.2. The van der Waals surface area contributed by atoms with E-state index in [2.05, 4.69) is 5.32 Å². The Kier molecular flexibility index (Phi) is 5.39. The predicted molar refractivity (Wildman–Crippen MR) is 98.8 cm³/mol. The monoisotopic (exact) mass is 337 g/mol. The highest BCUT2D eigenvalue weighted by atomic mass is 16.5. The highest BCUT2D eigenvalue weighted by molar-refractivity contribution is 5.79. The van der Waals surface area contributed by atoms with Gasteiger partial charge in [0.05, 0.1) is 13.0 Å². The summed E-state index contributed by atoms with van der Waals surface area (Å²) in [5, 5.41) is 4.12. The molecule has 1 unspecified atom stereocenters. The van der Waals surface area contributed by atoms with Gasteiger partial charge in [-0.15, -0.1) is 0 Å². The van der Waals surface area contributed by atoms with E-state index >= 15 is 0 Å². The van der Waals surface area contributed by atoms with Crippen LogP contribution < -0.4 is 10.1 Å². The van der Waals surface area contributed by atoms with Crippen LogP contribution in [0, 0.1) is 0 Å². The first-order valence-corrected chi connectivity index (χ1v) is 8.62. The van der Waals surface area contributed by atoms with E-state index in [1.807, 2.05) is 68.4 Å². The van der Waals surface area contributed by atoms with E-state index in [-0.39, 0.29) is 11.9 Å². The third-order valence-electron chi connectivity index (χ3n) is 3.99. The SMILES string of the molecule is CCOc1ccc(CC(=O)NC(C)Cc2cc3ccccc3o2)cc1. The molecule has 0 saturated heterocycles. The number of nitrogens with one attached hydrogen (secondary N) is 1. The maximum absolute atomic E-state index is 12.2. The third kappa shape index (κ3) is 4.63. The summed E-state index contributed by atoms with van der Waals surface area (Å²) < 4.78 is 11.2. The Balaban J connectivity index is 1.53. The molecular formula is C21H23NO3. The molecule has 1 N–H and O–H groups in total.